The van der Waals surface area contributed by atoms with Crippen LogP contribution in [0.25, 0.3) is 0 Å². The van der Waals surface area contributed by atoms with Gasteiger partial charge in [0.1, 0.15) is 43.2 Å². The Bertz CT molecular complexity index is 1580. The van der Waals surface area contributed by atoms with Crippen LogP contribution in [0.1, 0.15) is 149 Å². The summed E-state index contributed by atoms with van der Waals surface area (Å²) in [5.41, 5.74) is 0. The number of aliphatic hydroxyl groups excluding tert-OH is 5. The first-order valence-electron chi connectivity index (χ1n) is 24.0. The van der Waals surface area contributed by atoms with Crippen LogP contribution in [-0.4, -0.2) is 104 Å². The van der Waals surface area contributed by atoms with E-state index in [4.69, 9.17) is 18.5 Å². The van der Waals surface area contributed by atoms with Gasteiger partial charge in [0, 0.05) is 19.3 Å². The van der Waals surface area contributed by atoms with Crippen molar-refractivity contribution in [3.05, 3.63) is 97.2 Å². The topological polar surface area (TPSA) is 227 Å². The average Bonchev–Trinajstić information content (AvgIpc) is 3.29. The van der Waals surface area contributed by atoms with E-state index >= 15 is 0 Å². The number of ketones is 1. The SMILES string of the molecule is CCCCC/C=C\C/C=C\C/C=C\C/C=C\CCCCCC(=O)OC[C@H](COP(=O)(O)OC1[C@H](O)[C@H](O)C(O)[C@H](O)[C@H]1O)OC(=O)CCC/C=C\C/C=C\C/C=C\C=C\C(=O)CCCCC. The number of aliphatic hydroxyl groups is 5. The number of carbonyl (C=O) groups excluding carboxylic acids is 3. The van der Waals surface area contributed by atoms with E-state index in [1.54, 1.807) is 12.2 Å². The molecule has 8 atom stereocenters. The molecule has 14 nitrogen and oxygen atoms in total. The van der Waals surface area contributed by atoms with Crippen molar-refractivity contribution >= 4 is 25.5 Å². The molecule has 66 heavy (non-hydrogen) atoms. The number of esters is 2. The summed E-state index contributed by atoms with van der Waals surface area (Å²) >= 11 is 0. The first kappa shape index (κ1) is 60.5. The fraction of sp³-hybridized carbons (Fsp3) is 0.627. The summed E-state index contributed by atoms with van der Waals surface area (Å²) in [6, 6.07) is 0. The molecule has 3 unspecified atom stereocenters. The van der Waals surface area contributed by atoms with Crippen LogP contribution in [0, 0.1) is 0 Å². The fourth-order valence-electron chi connectivity index (χ4n) is 6.45. The van der Waals surface area contributed by atoms with E-state index in [0.29, 0.717) is 32.1 Å². The zero-order chi connectivity index (χ0) is 48.7. The second kappa shape index (κ2) is 39.4. The summed E-state index contributed by atoms with van der Waals surface area (Å²) in [7, 11) is -5.16. The van der Waals surface area contributed by atoms with E-state index in [1.165, 1.54) is 19.3 Å². The number of hydrogen-bond acceptors (Lipinski definition) is 13. The Morgan fingerprint density at radius 2 is 0.970 bits per heavy atom. The van der Waals surface area contributed by atoms with Crippen molar-refractivity contribution in [3.8, 4) is 0 Å². The monoisotopic (exact) mass is 949 g/mol. The molecule has 6 N–H and O–H groups in total. The number of ether oxygens (including phenoxy) is 2. The van der Waals surface area contributed by atoms with Gasteiger partial charge in [0.25, 0.3) is 0 Å². The smallest absolute Gasteiger partial charge is 0.462 e. The Labute approximate surface area is 394 Å². The molecule has 0 radical (unpaired) electrons. The first-order valence-corrected chi connectivity index (χ1v) is 25.5. The number of hydrogen-bond donors (Lipinski definition) is 6. The van der Waals surface area contributed by atoms with Crippen LogP contribution in [0.15, 0.2) is 97.2 Å². The highest BCUT2D eigenvalue weighted by atomic mass is 31.2. The minimum atomic E-state index is -5.16. The maximum atomic E-state index is 12.8. The predicted molar refractivity (Wildman–Crippen MR) is 258 cm³/mol. The molecule has 0 spiro atoms. The van der Waals surface area contributed by atoms with Crippen molar-refractivity contribution in [2.45, 2.75) is 191 Å². The molecule has 0 aromatic rings. The summed E-state index contributed by atoms with van der Waals surface area (Å²) < 4.78 is 33.4. The number of allylic oxidation sites excluding steroid dienone is 16. The Kier molecular flexibility index (Phi) is 36.1. The van der Waals surface area contributed by atoms with E-state index in [0.717, 1.165) is 70.6 Å². The van der Waals surface area contributed by atoms with E-state index < -0.39 is 75.7 Å². The lowest BCUT2D eigenvalue weighted by Crippen LogP contribution is -2.64. The highest BCUT2D eigenvalue weighted by Gasteiger charge is 2.51. The van der Waals surface area contributed by atoms with E-state index in [2.05, 4.69) is 62.5 Å². The van der Waals surface area contributed by atoms with Gasteiger partial charge in [-0.15, -0.1) is 0 Å². The molecule has 0 aromatic heterocycles. The van der Waals surface area contributed by atoms with Crippen molar-refractivity contribution in [2.24, 2.45) is 0 Å². The second-order valence-corrected chi connectivity index (χ2v) is 17.7. The molecule has 0 heterocycles. The average molecular weight is 949 g/mol. The zero-order valence-electron chi connectivity index (χ0n) is 39.4. The molecule has 374 valence electrons. The molecular weight excluding hydrogens is 868 g/mol. The third-order valence-electron chi connectivity index (χ3n) is 10.4. The Morgan fingerprint density at radius 1 is 0.515 bits per heavy atom. The molecular formula is C51H81O14P. The first-order chi connectivity index (χ1) is 31.8. The summed E-state index contributed by atoms with van der Waals surface area (Å²) in [6.07, 6.45) is 35.8. The second-order valence-electron chi connectivity index (χ2n) is 16.3. The lowest BCUT2D eigenvalue weighted by Gasteiger charge is -2.41. The minimum Gasteiger partial charge on any atom is -0.462 e. The van der Waals surface area contributed by atoms with Crippen LogP contribution in [0.2, 0.25) is 0 Å². The lowest BCUT2D eigenvalue weighted by atomic mass is 9.85. The molecule has 1 aliphatic rings. The summed E-state index contributed by atoms with van der Waals surface area (Å²) in [5, 5.41) is 50.2. The number of unbranched alkanes of at least 4 members (excludes halogenated alkanes) is 9. The van der Waals surface area contributed by atoms with Gasteiger partial charge in [0.05, 0.1) is 6.61 Å². The van der Waals surface area contributed by atoms with Crippen molar-refractivity contribution in [1.29, 1.82) is 0 Å². The third kappa shape index (κ3) is 31.4. The quantitative estimate of drug-likeness (QED) is 0.00848. The van der Waals surface area contributed by atoms with Crippen molar-refractivity contribution < 1.29 is 67.9 Å². The van der Waals surface area contributed by atoms with Crippen LogP contribution >= 0.6 is 7.82 Å². The van der Waals surface area contributed by atoms with Crippen LogP contribution in [0.5, 0.6) is 0 Å². The number of phosphoric acid groups is 1. The Morgan fingerprint density at radius 3 is 1.53 bits per heavy atom. The molecule has 0 bridgehead atoms. The van der Waals surface area contributed by atoms with Gasteiger partial charge in [-0.2, -0.15) is 0 Å². The van der Waals surface area contributed by atoms with E-state index in [9.17, 15) is 49.4 Å². The summed E-state index contributed by atoms with van der Waals surface area (Å²) in [5.74, 6) is -1.11. The van der Waals surface area contributed by atoms with Gasteiger partial charge in [-0.1, -0.05) is 137 Å². The normalized spacial score (nSPS) is 22.1. The molecule has 0 aromatic carbocycles. The number of rotatable bonds is 38. The molecule has 1 aliphatic carbocycles. The van der Waals surface area contributed by atoms with Crippen LogP contribution in [0.3, 0.4) is 0 Å². The fourth-order valence-corrected chi connectivity index (χ4v) is 7.42. The highest BCUT2D eigenvalue weighted by molar-refractivity contribution is 7.47. The van der Waals surface area contributed by atoms with Crippen molar-refractivity contribution in [2.75, 3.05) is 13.2 Å². The molecule has 1 rings (SSSR count). The molecule has 0 aliphatic heterocycles. The lowest BCUT2D eigenvalue weighted by molar-refractivity contribution is -0.220. The number of phosphoric ester groups is 1. The molecule has 1 fully saturated rings. The van der Waals surface area contributed by atoms with Crippen LogP contribution < -0.4 is 0 Å². The zero-order valence-corrected chi connectivity index (χ0v) is 40.3. The van der Waals surface area contributed by atoms with Gasteiger partial charge in [-0.05, 0) is 89.5 Å². The maximum Gasteiger partial charge on any atom is 0.472 e. The van der Waals surface area contributed by atoms with Gasteiger partial charge in [0.15, 0.2) is 11.9 Å². The van der Waals surface area contributed by atoms with Crippen LogP contribution in [-0.2, 0) is 37.5 Å². The molecule has 0 saturated heterocycles. The molecule has 0 amide bonds. The predicted octanol–water partition coefficient (Wildman–Crippen LogP) is 9.01. The largest absolute Gasteiger partial charge is 0.472 e. The standard InChI is InChI=1S/C51H81O14P/c1-3-5-7-8-9-10-11-12-13-14-15-16-17-18-21-24-27-30-34-38-44(53)62-40-43(41-63-66(60,61)65-51-49(58)47(56)46(55)48(57)50(51)59)64-45(54)39-35-31-28-25-22-19-20-23-26-29-33-37-42(52)36-32-6-4-2/h9-10,12-13,15-16,18-21,25-26,28-29,33,37,43,46-51,55-59H,3-8,11,14,17,22-24,27,30-32,34-36,38-41H2,1-2H3,(H,60,61)/b10-9-,13-12-,16-15-,20-19-,21-18-,28-25-,29-26-,37-33+/t43-,46?,47-,48+,49-,50-,51?/m1/s1. The number of carbonyl (C=O) groups is 3. The Hall–Kier alpha value is -3.56. The molecule has 15 heteroatoms. The van der Waals surface area contributed by atoms with Crippen LogP contribution in [0.4, 0.5) is 0 Å². The van der Waals surface area contributed by atoms with E-state index in [1.807, 2.05) is 36.5 Å². The Balaban J connectivity index is 2.54. The highest BCUT2D eigenvalue weighted by Crippen LogP contribution is 2.47. The van der Waals surface area contributed by atoms with Gasteiger partial charge < -0.3 is 39.9 Å². The third-order valence-corrected chi connectivity index (χ3v) is 11.4. The van der Waals surface area contributed by atoms with E-state index in [-0.39, 0.29) is 18.6 Å². The molecule has 1 saturated carbocycles. The van der Waals surface area contributed by atoms with Crippen molar-refractivity contribution in [3.63, 3.8) is 0 Å². The maximum absolute atomic E-state index is 12.8. The van der Waals surface area contributed by atoms with Gasteiger partial charge in [0.2, 0.25) is 0 Å². The summed E-state index contributed by atoms with van der Waals surface area (Å²) in [4.78, 5) is 47.5. The van der Waals surface area contributed by atoms with Gasteiger partial charge in [-0.25, -0.2) is 4.57 Å². The van der Waals surface area contributed by atoms with Gasteiger partial charge >= 0.3 is 19.8 Å². The minimum absolute atomic E-state index is 0.0185. The summed E-state index contributed by atoms with van der Waals surface area (Å²) in [6.45, 7) is 3.02. The van der Waals surface area contributed by atoms with Gasteiger partial charge in [-0.3, -0.25) is 23.4 Å². The van der Waals surface area contributed by atoms with Crippen molar-refractivity contribution in [1.82, 2.24) is 0 Å².